The summed E-state index contributed by atoms with van der Waals surface area (Å²) in [5, 5.41) is 0.0919. The first-order chi connectivity index (χ1) is 15.4. The summed E-state index contributed by atoms with van der Waals surface area (Å²) in [5.74, 6) is -0.839. The second-order valence-electron chi connectivity index (χ2n) is 10.8. The Hall–Kier alpha value is -1.66. The van der Waals surface area contributed by atoms with Crippen LogP contribution in [0.25, 0.3) is 0 Å². The van der Waals surface area contributed by atoms with Gasteiger partial charge in [0, 0.05) is 5.92 Å². The SMILES string of the molecule is C=C[C@H]1CC(C(=O)OCC)(C(=O)OCC)C/C1=C1\C(O[Si](C)(C)C(C)(C)C)CC[C@H]1/C=C/C. The molecule has 0 aromatic carbocycles. The minimum atomic E-state index is -2.02. The maximum atomic E-state index is 13.1. The summed E-state index contributed by atoms with van der Waals surface area (Å²) in [4.78, 5) is 26.3. The largest absolute Gasteiger partial charge is 0.465 e. The minimum absolute atomic E-state index is 0.00951. The first kappa shape index (κ1) is 27.6. The highest BCUT2D eigenvalue weighted by Crippen LogP contribution is 2.53. The highest BCUT2D eigenvalue weighted by molar-refractivity contribution is 6.74. The molecule has 0 bridgehead atoms. The number of ether oxygens (including phenoxy) is 2. The predicted molar refractivity (Wildman–Crippen MR) is 135 cm³/mol. The molecule has 0 radical (unpaired) electrons. The van der Waals surface area contributed by atoms with Crippen molar-refractivity contribution in [3.8, 4) is 0 Å². The van der Waals surface area contributed by atoms with Crippen LogP contribution in [-0.4, -0.2) is 39.6 Å². The van der Waals surface area contributed by atoms with E-state index in [0.29, 0.717) is 12.8 Å². The van der Waals surface area contributed by atoms with Crippen LogP contribution in [0.15, 0.2) is 36.0 Å². The fourth-order valence-electron chi connectivity index (χ4n) is 4.91. The number of hydrogen-bond donors (Lipinski definition) is 0. The van der Waals surface area contributed by atoms with Gasteiger partial charge in [-0.3, -0.25) is 9.59 Å². The van der Waals surface area contributed by atoms with E-state index in [9.17, 15) is 9.59 Å². The molecule has 2 saturated carbocycles. The zero-order valence-corrected chi connectivity index (χ0v) is 23.0. The molecule has 0 heterocycles. The molecule has 1 unspecified atom stereocenters. The van der Waals surface area contributed by atoms with Crippen LogP contribution in [-0.2, 0) is 23.5 Å². The van der Waals surface area contributed by atoms with Gasteiger partial charge in [-0.15, -0.1) is 6.58 Å². The third kappa shape index (κ3) is 5.54. The van der Waals surface area contributed by atoms with Gasteiger partial charge in [-0.1, -0.05) is 44.6 Å². The van der Waals surface area contributed by atoms with E-state index in [2.05, 4.69) is 52.6 Å². The Morgan fingerprint density at radius 3 is 2.12 bits per heavy atom. The van der Waals surface area contributed by atoms with E-state index in [4.69, 9.17) is 13.9 Å². The lowest BCUT2D eigenvalue weighted by atomic mass is 9.84. The van der Waals surface area contributed by atoms with Crippen LogP contribution in [0.2, 0.25) is 18.1 Å². The van der Waals surface area contributed by atoms with E-state index in [1.807, 2.05) is 13.0 Å². The third-order valence-electron chi connectivity index (χ3n) is 7.65. The van der Waals surface area contributed by atoms with Crippen molar-refractivity contribution in [3.63, 3.8) is 0 Å². The predicted octanol–water partition coefficient (Wildman–Crippen LogP) is 6.37. The number of hydrogen-bond acceptors (Lipinski definition) is 5. The molecule has 0 aliphatic heterocycles. The van der Waals surface area contributed by atoms with Crippen molar-refractivity contribution in [1.29, 1.82) is 0 Å². The van der Waals surface area contributed by atoms with Crippen molar-refractivity contribution in [2.24, 2.45) is 17.3 Å². The van der Waals surface area contributed by atoms with Crippen LogP contribution in [0.4, 0.5) is 0 Å². The summed E-state index contributed by atoms with van der Waals surface area (Å²) < 4.78 is 17.7. The lowest BCUT2D eigenvalue weighted by Crippen LogP contribution is -2.44. The van der Waals surface area contributed by atoms with Gasteiger partial charge in [0.15, 0.2) is 13.7 Å². The number of esters is 2. The summed E-state index contributed by atoms with van der Waals surface area (Å²) in [5.41, 5.74) is 1.02. The molecule has 2 fully saturated rings. The first-order valence-electron chi connectivity index (χ1n) is 12.4. The molecular formula is C27H44O5Si. The van der Waals surface area contributed by atoms with E-state index in [-0.39, 0.29) is 36.2 Å². The fourth-order valence-corrected chi connectivity index (χ4v) is 6.22. The maximum Gasteiger partial charge on any atom is 0.323 e. The molecule has 186 valence electrons. The van der Waals surface area contributed by atoms with Gasteiger partial charge >= 0.3 is 11.9 Å². The topological polar surface area (TPSA) is 61.8 Å². The van der Waals surface area contributed by atoms with Crippen LogP contribution in [0.5, 0.6) is 0 Å². The maximum absolute atomic E-state index is 13.1. The zero-order valence-electron chi connectivity index (χ0n) is 22.0. The van der Waals surface area contributed by atoms with Gasteiger partial charge in [0.2, 0.25) is 0 Å². The molecule has 0 aromatic heterocycles. The quantitative estimate of drug-likeness (QED) is 0.176. The molecule has 0 spiro atoms. The molecule has 0 saturated heterocycles. The molecule has 2 aliphatic rings. The highest BCUT2D eigenvalue weighted by atomic mass is 28.4. The van der Waals surface area contributed by atoms with Crippen molar-refractivity contribution in [3.05, 3.63) is 36.0 Å². The van der Waals surface area contributed by atoms with Crippen LogP contribution >= 0.6 is 0 Å². The zero-order chi connectivity index (χ0) is 25.0. The van der Waals surface area contributed by atoms with Gasteiger partial charge in [0.05, 0.1) is 19.3 Å². The van der Waals surface area contributed by atoms with Crippen molar-refractivity contribution in [2.75, 3.05) is 13.2 Å². The Morgan fingerprint density at radius 2 is 1.67 bits per heavy atom. The van der Waals surface area contributed by atoms with E-state index in [1.54, 1.807) is 13.8 Å². The molecule has 2 aliphatic carbocycles. The molecule has 2 rings (SSSR count). The average molecular weight is 477 g/mol. The van der Waals surface area contributed by atoms with Gasteiger partial charge in [0.25, 0.3) is 0 Å². The van der Waals surface area contributed by atoms with Crippen molar-refractivity contribution < 1.29 is 23.5 Å². The van der Waals surface area contributed by atoms with Crippen molar-refractivity contribution >= 4 is 20.3 Å². The second kappa shape index (κ2) is 10.7. The summed E-state index contributed by atoms with van der Waals surface area (Å²) in [6.07, 6.45) is 8.76. The molecule has 5 nitrogen and oxygen atoms in total. The standard InChI is InChI=1S/C27H44O5Si/c1-10-14-20-15-16-22(32-33(8,9)26(5,6)7)23(20)21-18-27(17-19(21)11-2,24(28)30-12-3)25(29)31-13-4/h10-11,14,19-20,22H,2,12-13,15-18H2,1,3-9H3/b14-10+,23-21+/t19-,20+,22?/m0/s1. The molecule has 33 heavy (non-hydrogen) atoms. The molecule has 3 atom stereocenters. The lowest BCUT2D eigenvalue weighted by Gasteiger charge is -2.39. The summed E-state index contributed by atoms with van der Waals surface area (Å²) >= 11 is 0. The van der Waals surface area contributed by atoms with E-state index in [1.165, 1.54) is 5.57 Å². The summed E-state index contributed by atoms with van der Waals surface area (Å²) in [6, 6.07) is 0. The van der Waals surface area contributed by atoms with E-state index in [0.717, 1.165) is 18.4 Å². The smallest absolute Gasteiger partial charge is 0.323 e. The Balaban J connectivity index is 2.62. The van der Waals surface area contributed by atoms with Crippen LogP contribution < -0.4 is 0 Å². The normalized spacial score (nSPS) is 27.7. The monoisotopic (exact) mass is 476 g/mol. The molecule has 0 aromatic rings. The summed E-state index contributed by atoms with van der Waals surface area (Å²) in [6.45, 7) is 21.4. The van der Waals surface area contributed by atoms with Crippen LogP contribution in [0.3, 0.4) is 0 Å². The number of carbonyl (C=O) groups excluding carboxylic acids is 2. The lowest BCUT2D eigenvalue weighted by molar-refractivity contribution is -0.171. The Morgan fingerprint density at radius 1 is 1.09 bits per heavy atom. The van der Waals surface area contributed by atoms with E-state index < -0.39 is 25.7 Å². The van der Waals surface area contributed by atoms with Crippen molar-refractivity contribution in [1.82, 2.24) is 0 Å². The average Bonchev–Trinajstić information content (AvgIpc) is 3.29. The third-order valence-corrected chi connectivity index (χ3v) is 12.1. The van der Waals surface area contributed by atoms with Gasteiger partial charge in [-0.25, -0.2) is 0 Å². The second-order valence-corrected chi connectivity index (χ2v) is 15.6. The number of carbonyl (C=O) groups is 2. The molecule has 0 N–H and O–H groups in total. The Kier molecular flexibility index (Phi) is 8.96. The van der Waals surface area contributed by atoms with Crippen LogP contribution in [0.1, 0.15) is 67.2 Å². The van der Waals surface area contributed by atoms with Gasteiger partial charge in [-0.2, -0.15) is 0 Å². The minimum Gasteiger partial charge on any atom is -0.465 e. The first-order valence-corrected chi connectivity index (χ1v) is 15.3. The number of allylic oxidation sites excluding steroid dienone is 4. The Labute approximate surface area is 201 Å². The van der Waals surface area contributed by atoms with Gasteiger partial charge in [-0.05, 0) is 76.1 Å². The Bertz CT molecular complexity index is 784. The van der Waals surface area contributed by atoms with E-state index >= 15 is 0 Å². The van der Waals surface area contributed by atoms with Crippen molar-refractivity contribution in [2.45, 2.75) is 91.5 Å². The van der Waals surface area contributed by atoms with Gasteiger partial charge in [0.1, 0.15) is 0 Å². The summed E-state index contributed by atoms with van der Waals surface area (Å²) in [7, 11) is -2.02. The van der Waals surface area contributed by atoms with Gasteiger partial charge < -0.3 is 13.9 Å². The number of rotatable bonds is 8. The molecule has 0 amide bonds. The van der Waals surface area contributed by atoms with Crippen LogP contribution in [0, 0.1) is 17.3 Å². The fraction of sp³-hybridized carbons (Fsp3) is 0.704. The molecular weight excluding hydrogens is 432 g/mol. The highest BCUT2D eigenvalue weighted by Gasteiger charge is 2.57. The molecule has 6 heteroatoms.